The molecular weight excluding hydrogens is 404 g/mol. The molecule has 0 aliphatic carbocycles. The highest BCUT2D eigenvalue weighted by atomic mass is 16.5. The van der Waals surface area contributed by atoms with Crippen molar-refractivity contribution < 1.29 is 9.47 Å². The Morgan fingerprint density at radius 3 is 2.47 bits per heavy atom. The fourth-order valence-electron chi connectivity index (χ4n) is 3.82. The summed E-state index contributed by atoms with van der Waals surface area (Å²) in [7, 11) is 3.27. The van der Waals surface area contributed by atoms with Gasteiger partial charge in [0.15, 0.2) is 5.96 Å². The smallest absolute Gasteiger partial charge is 0.198 e. The zero-order valence-corrected chi connectivity index (χ0v) is 18.3. The number of hydrogen-bond donors (Lipinski definition) is 3. The number of nitrogens with one attached hydrogen (secondary N) is 2. The van der Waals surface area contributed by atoms with E-state index in [1.54, 1.807) is 20.4 Å². The molecular formula is C24H28N6O2. The van der Waals surface area contributed by atoms with Crippen LogP contribution in [0.5, 0.6) is 11.5 Å². The van der Waals surface area contributed by atoms with Crippen LogP contribution in [0.15, 0.2) is 66.0 Å². The van der Waals surface area contributed by atoms with Crippen molar-refractivity contribution in [3.05, 3.63) is 77.7 Å². The summed E-state index contributed by atoms with van der Waals surface area (Å²) in [4.78, 5) is 13.2. The average Bonchev–Trinajstić information content (AvgIpc) is 2.82. The van der Waals surface area contributed by atoms with Gasteiger partial charge in [0.1, 0.15) is 23.0 Å². The molecule has 0 bridgehead atoms. The second-order valence-electron chi connectivity index (χ2n) is 7.71. The summed E-state index contributed by atoms with van der Waals surface area (Å²) in [5, 5.41) is 6.66. The summed E-state index contributed by atoms with van der Waals surface area (Å²) in [6, 6.07) is 13.7. The zero-order chi connectivity index (χ0) is 22.4. The SMILES string of the molecule is COc1cc(CC2(N)NC(=NCCCc3ccncc3)Nc3ncccc32)cc(OC)c1. The standard InChI is InChI=1S/C24H28N6O2/c1-31-19-13-18(14-20(15-19)32-2)16-24(25)21-6-4-9-27-22(21)29-23(30-24)28-10-3-5-17-7-11-26-12-8-17/h4,6-9,11-15H,3,5,10,16,25H2,1-2H3,(H2,27,28,29,30). The molecule has 1 aromatic carbocycles. The lowest BCUT2D eigenvalue weighted by Gasteiger charge is -2.38. The maximum absolute atomic E-state index is 6.91. The fraction of sp³-hybridized carbons (Fsp3) is 0.292. The van der Waals surface area contributed by atoms with E-state index in [2.05, 4.69) is 20.6 Å². The normalized spacial score (nSPS) is 18.4. The molecule has 1 atom stereocenters. The summed E-state index contributed by atoms with van der Waals surface area (Å²) in [6.07, 6.45) is 7.71. The number of benzene rings is 1. The second kappa shape index (κ2) is 9.65. The summed E-state index contributed by atoms with van der Waals surface area (Å²) >= 11 is 0. The highest BCUT2D eigenvalue weighted by molar-refractivity contribution is 5.96. The average molecular weight is 433 g/mol. The van der Waals surface area contributed by atoms with Gasteiger partial charge >= 0.3 is 0 Å². The minimum atomic E-state index is -0.893. The number of ether oxygens (including phenoxy) is 2. The largest absolute Gasteiger partial charge is 0.497 e. The molecule has 1 aliphatic rings. The van der Waals surface area contributed by atoms with E-state index in [1.807, 2.05) is 54.9 Å². The molecule has 8 nitrogen and oxygen atoms in total. The first-order valence-corrected chi connectivity index (χ1v) is 10.5. The molecule has 0 saturated heterocycles. The molecule has 0 amide bonds. The number of methoxy groups -OCH3 is 2. The van der Waals surface area contributed by atoms with Crippen LogP contribution in [0.25, 0.3) is 0 Å². The Kier molecular flexibility index (Phi) is 6.51. The molecule has 4 N–H and O–H groups in total. The number of guanidine groups is 1. The molecule has 4 rings (SSSR count). The molecule has 0 saturated carbocycles. The highest BCUT2D eigenvalue weighted by Crippen LogP contribution is 2.32. The van der Waals surface area contributed by atoms with Gasteiger partial charge in [-0.1, -0.05) is 6.07 Å². The molecule has 166 valence electrons. The van der Waals surface area contributed by atoms with Gasteiger partial charge in [0.2, 0.25) is 0 Å². The lowest BCUT2D eigenvalue weighted by Crippen LogP contribution is -2.59. The van der Waals surface area contributed by atoms with Crippen LogP contribution in [0.2, 0.25) is 0 Å². The van der Waals surface area contributed by atoms with Crippen LogP contribution in [0.4, 0.5) is 5.82 Å². The molecule has 8 heteroatoms. The lowest BCUT2D eigenvalue weighted by atomic mass is 9.91. The van der Waals surface area contributed by atoms with Crippen molar-refractivity contribution in [1.29, 1.82) is 0 Å². The van der Waals surface area contributed by atoms with E-state index in [0.29, 0.717) is 36.2 Å². The first kappa shape index (κ1) is 21.6. The Morgan fingerprint density at radius 2 is 1.75 bits per heavy atom. The zero-order valence-electron chi connectivity index (χ0n) is 18.3. The summed E-state index contributed by atoms with van der Waals surface area (Å²) in [5.41, 5.74) is 9.11. The third-order valence-electron chi connectivity index (χ3n) is 5.40. The highest BCUT2D eigenvalue weighted by Gasteiger charge is 2.36. The molecule has 0 radical (unpaired) electrons. The van der Waals surface area contributed by atoms with Crippen LogP contribution in [-0.2, 0) is 18.5 Å². The Labute approximate surface area is 187 Å². The van der Waals surface area contributed by atoms with Crippen molar-refractivity contribution in [3.63, 3.8) is 0 Å². The van der Waals surface area contributed by atoms with Crippen molar-refractivity contribution in [3.8, 4) is 11.5 Å². The molecule has 0 spiro atoms. The van der Waals surface area contributed by atoms with E-state index < -0.39 is 5.66 Å². The number of nitrogens with two attached hydrogens (primary N) is 1. The molecule has 3 aromatic rings. The van der Waals surface area contributed by atoms with Crippen molar-refractivity contribution >= 4 is 11.8 Å². The van der Waals surface area contributed by atoms with Gasteiger partial charge in [-0.3, -0.25) is 9.98 Å². The maximum atomic E-state index is 6.91. The van der Waals surface area contributed by atoms with Gasteiger partial charge in [-0.25, -0.2) is 4.98 Å². The van der Waals surface area contributed by atoms with E-state index in [4.69, 9.17) is 20.2 Å². The third kappa shape index (κ3) is 4.97. The molecule has 1 aliphatic heterocycles. The first-order valence-electron chi connectivity index (χ1n) is 10.5. The number of fused-ring (bicyclic) bond motifs is 1. The predicted molar refractivity (Wildman–Crippen MR) is 125 cm³/mol. The van der Waals surface area contributed by atoms with Crippen molar-refractivity contribution in [2.45, 2.75) is 24.9 Å². The van der Waals surface area contributed by atoms with Gasteiger partial charge in [0.25, 0.3) is 0 Å². The van der Waals surface area contributed by atoms with Gasteiger partial charge in [-0.15, -0.1) is 0 Å². The van der Waals surface area contributed by atoms with Crippen LogP contribution < -0.4 is 25.8 Å². The molecule has 1 unspecified atom stereocenters. The Morgan fingerprint density at radius 1 is 1.00 bits per heavy atom. The number of hydrogen-bond acceptors (Lipinski definition) is 6. The maximum Gasteiger partial charge on any atom is 0.198 e. The lowest BCUT2D eigenvalue weighted by molar-refractivity contribution is 0.383. The number of aryl methyl sites for hydroxylation is 1. The van der Waals surface area contributed by atoms with Crippen LogP contribution in [-0.4, -0.2) is 36.7 Å². The van der Waals surface area contributed by atoms with E-state index in [9.17, 15) is 0 Å². The van der Waals surface area contributed by atoms with E-state index in [1.165, 1.54) is 5.56 Å². The number of aliphatic imine (C=N–C) groups is 1. The monoisotopic (exact) mass is 432 g/mol. The molecule has 0 fully saturated rings. The van der Waals surface area contributed by atoms with Gasteiger partial charge in [-0.05, 0) is 54.3 Å². The second-order valence-corrected chi connectivity index (χ2v) is 7.71. The Bertz CT molecular complexity index is 1070. The topological polar surface area (TPSA) is 107 Å². The van der Waals surface area contributed by atoms with E-state index in [-0.39, 0.29) is 0 Å². The van der Waals surface area contributed by atoms with E-state index >= 15 is 0 Å². The summed E-state index contributed by atoms with van der Waals surface area (Å²) < 4.78 is 10.8. The van der Waals surface area contributed by atoms with Crippen LogP contribution in [0.3, 0.4) is 0 Å². The summed E-state index contributed by atoms with van der Waals surface area (Å²) in [5.74, 6) is 2.75. The minimum absolute atomic E-state index is 0.497. The van der Waals surface area contributed by atoms with Gasteiger partial charge in [0.05, 0.1) is 14.2 Å². The Hall–Kier alpha value is -3.65. The molecule has 2 aromatic heterocycles. The van der Waals surface area contributed by atoms with Gasteiger partial charge in [0, 0.05) is 43.2 Å². The van der Waals surface area contributed by atoms with Crippen molar-refractivity contribution in [2.75, 3.05) is 26.1 Å². The van der Waals surface area contributed by atoms with E-state index in [0.717, 1.165) is 24.0 Å². The van der Waals surface area contributed by atoms with Crippen molar-refractivity contribution in [1.82, 2.24) is 15.3 Å². The van der Waals surface area contributed by atoms with Gasteiger partial charge < -0.3 is 25.8 Å². The number of rotatable bonds is 8. The Balaban J connectivity index is 1.54. The minimum Gasteiger partial charge on any atom is -0.497 e. The van der Waals surface area contributed by atoms with Crippen LogP contribution in [0, 0.1) is 0 Å². The molecule has 32 heavy (non-hydrogen) atoms. The quantitative estimate of drug-likeness (QED) is 0.470. The first-order chi connectivity index (χ1) is 15.6. The predicted octanol–water partition coefficient (Wildman–Crippen LogP) is 2.85. The fourth-order valence-corrected chi connectivity index (χ4v) is 3.82. The third-order valence-corrected chi connectivity index (χ3v) is 5.40. The number of aromatic nitrogens is 2. The summed E-state index contributed by atoms with van der Waals surface area (Å²) in [6.45, 7) is 0.656. The number of anilines is 1. The number of nitrogens with zero attached hydrogens (tertiary/aromatic N) is 3. The van der Waals surface area contributed by atoms with Gasteiger partial charge in [-0.2, -0.15) is 0 Å². The van der Waals surface area contributed by atoms with Crippen LogP contribution >= 0.6 is 0 Å². The van der Waals surface area contributed by atoms with Crippen molar-refractivity contribution in [2.24, 2.45) is 10.7 Å². The van der Waals surface area contributed by atoms with Crippen LogP contribution in [0.1, 0.15) is 23.1 Å². The number of pyridine rings is 2. The molecule has 3 heterocycles.